The number of carbonyl (C=O) groups excluding carboxylic acids is 3. The van der Waals surface area contributed by atoms with Gasteiger partial charge in [-0.1, -0.05) is 70.4 Å². The summed E-state index contributed by atoms with van der Waals surface area (Å²) in [6.45, 7) is 1.52. The molecule has 9 heteroatoms. The van der Waals surface area contributed by atoms with Crippen LogP contribution in [0.3, 0.4) is 0 Å². The van der Waals surface area contributed by atoms with Crippen molar-refractivity contribution in [2.24, 2.45) is 0 Å². The first-order chi connectivity index (χ1) is 17.7. The maximum absolute atomic E-state index is 12.8. The Hall–Kier alpha value is -3.36. The third-order valence-corrected chi connectivity index (χ3v) is 5.70. The van der Waals surface area contributed by atoms with Gasteiger partial charge < -0.3 is 15.4 Å². The van der Waals surface area contributed by atoms with Crippen LogP contribution in [0, 0.1) is 0 Å². The first kappa shape index (κ1) is 29.9. The minimum Gasteiger partial charge on any atom is -0.452 e. The standard InChI is InChI=1S/C28H35F3N2O4/c1-2-3-4-5-6-7-8-9-10-17-25(34)32-23-15-11-13-21(18-23)27(36)37-20-26(35)33-24-16-12-14-22(19-24)28(29,30)31/h11-16,18-19H,2-10,17,20H2,1H3,(H,32,34)(H,33,35). The van der Waals surface area contributed by atoms with Gasteiger partial charge in [-0.2, -0.15) is 13.2 Å². The number of benzene rings is 2. The Balaban J connectivity index is 1.72. The first-order valence-corrected chi connectivity index (χ1v) is 12.7. The Kier molecular flexibility index (Phi) is 12.7. The molecule has 2 N–H and O–H groups in total. The average Bonchev–Trinajstić information content (AvgIpc) is 2.86. The third-order valence-electron chi connectivity index (χ3n) is 5.70. The van der Waals surface area contributed by atoms with Crippen LogP contribution in [0.15, 0.2) is 48.5 Å². The van der Waals surface area contributed by atoms with E-state index in [9.17, 15) is 27.6 Å². The molecule has 2 amide bonds. The van der Waals surface area contributed by atoms with Crippen LogP contribution in [0.25, 0.3) is 0 Å². The lowest BCUT2D eigenvalue weighted by Gasteiger charge is -2.10. The lowest BCUT2D eigenvalue weighted by molar-refractivity contribution is -0.137. The number of hydrogen-bond donors (Lipinski definition) is 2. The molecule has 2 rings (SSSR count). The van der Waals surface area contributed by atoms with Crippen LogP contribution in [0.5, 0.6) is 0 Å². The summed E-state index contributed by atoms with van der Waals surface area (Å²) in [5.74, 6) is -1.72. The van der Waals surface area contributed by atoms with Gasteiger partial charge in [-0.3, -0.25) is 9.59 Å². The van der Waals surface area contributed by atoms with Gasteiger partial charge in [-0.15, -0.1) is 0 Å². The van der Waals surface area contributed by atoms with Crippen LogP contribution in [-0.4, -0.2) is 24.4 Å². The van der Waals surface area contributed by atoms with Crippen molar-refractivity contribution >= 4 is 29.2 Å². The average molecular weight is 521 g/mol. The quantitative estimate of drug-likeness (QED) is 0.190. The van der Waals surface area contributed by atoms with Crippen molar-refractivity contribution in [3.05, 3.63) is 59.7 Å². The molecule has 0 bridgehead atoms. The molecule has 0 atom stereocenters. The molecule has 37 heavy (non-hydrogen) atoms. The summed E-state index contributed by atoms with van der Waals surface area (Å²) < 4.78 is 43.4. The van der Waals surface area contributed by atoms with Crippen LogP contribution in [0.2, 0.25) is 0 Å². The van der Waals surface area contributed by atoms with Crippen molar-refractivity contribution in [3.8, 4) is 0 Å². The SMILES string of the molecule is CCCCCCCCCCCC(=O)Nc1cccc(C(=O)OCC(=O)Nc2cccc(C(F)(F)F)c2)c1. The molecule has 202 valence electrons. The second-order valence-corrected chi connectivity index (χ2v) is 8.91. The zero-order valence-corrected chi connectivity index (χ0v) is 21.2. The summed E-state index contributed by atoms with van der Waals surface area (Å²) in [7, 11) is 0. The minimum absolute atomic E-state index is 0.0624. The van der Waals surface area contributed by atoms with Crippen molar-refractivity contribution in [1.82, 2.24) is 0 Å². The molecule has 0 saturated heterocycles. The molecule has 0 unspecified atom stereocenters. The second-order valence-electron chi connectivity index (χ2n) is 8.91. The van der Waals surface area contributed by atoms with Crippen molar-refractivity contribution in [3.63, 3.8) is 0 Å². The molecule has 6 nitrogen and oxygen atoms in total. The Morgan fingerprint density at radius 2 is 1.32 bits per heavy atom. The Labute approximate surface area is 216 Å². The molecule has 2 aromatic carbocycles. The number of esters is 1. The van der Waals surface area contributed by atoms with Crippen molar-refractivity contribution in [2.75, 3.05) is 17.2 Å². The van der Waals surface area contributed by atoms with Crippen LogP contribution in [0.4, 0.5) is 24.5 Å². The van der Waals surface area contributed by atoms with E-state index in [1.807, 2.05) is 0 Å². The topological polar surface area (TPSA) is 84.5 Å². The van der Waals surface area contributed by atoms with Gasteiger partial charge in [0, 0.05) is 17.8 Å². The van der Waals surface area contributed by atoms with E-state index in [1.165, 1.54) is 62.8 Å². The number of anilines is 2. The van der Waals surface area contributed by atoms with Gasteiger partial charge in [-0.25, -0.2) is 4.79 Å². The largest absolute Gasteiger partial charge is 0.452 e. The van der Waals surface area contributed by atoms with E-state index in [0.717, 1.165) is 31.4 Å². The van der Waals surface area contributed by atoms with Gasteiger partial charge in [0.15, 0.2) is 6.61 Å². The van der Waals surface area contributed by atoms with E-state index in [2.05, 4.69) is 17.6 Å². The van der Waals surface area contributed by atoms with Gasteiger partial charge in [-0.05, 0) is 42.8 Å². The van der Waals surface area contributed by atoms with Crippen molar-refractivity contribution < 1.29 is 32.3 Å². The molecule has 0 spiro atoms. The van der Waals surface area contributed by atoms with Crippen molar-refractivity contribution in [1.29, 1.82) is 0 Å². The van der Waals surface area contributed by atoms with E-state index in [0.29, 0.717) is 12.1 Å². The molecule has 0 saturated carbocycles. The van der Waals surface area contributed by atoms with Gasteiger partial charge in [0.1, 0.15) is 0 Å². The molecular weight excluding hydrogens is 485 g/mol. The van der Waals surface area contributed by atoms with Gasteiger partial charge in [0.05, 0.1) is 11.1 Å². The van der Waals surface area contributed by atoms with E-state index in [-0.39, 0.29) is 17.2 Å². The number of amides is 2. The molecule has 0 aliphatic carbocycles. The fourth-order valence-electron chi connectivity index (χ4n) is 3.73. The summed E-state index contributed by atoms with van der Waals surface area (Å²) in [6, 6.07) is 10.3. The van der Waals surface area contributed by atoms with Crippen LogP contribution < -0.4 is 10.6 Å². The van der Waals surface area contributed by atoms with E-state index in [1.54, 1.807) is 12.1 Å². The molecule has 2 aromatic rings. The summed E-state index contributed by atoms with van der Waals surface area (Å²) >= 11 is 0. The molecule has 0 radical (unpaired) electrons. The molecule has 0 aliphatic heterocycles. The number of ether oxygens (including phenoxy) is 1. The maximum Gasteiger partial charge on any atom is 0.416 e. The normalized spacial score (nSPS) is 11.1. The van der Waals surface area contributed by atoms with E-state index < -0.39 is 30.2 Å². The number of halogens is 3. The molecule has 0 aliphatic rings. The number of hydrogen-bond acceptors (Lipinski definition) is 4. The predicted octanol–water partition coefficient (Wildman–Crippen LogP) is 7.36. The molecule has 0 fully saturated rings. The highest BCUT2D eigenvalue weighted by Gasteiger charge is 2.30. The smallest absolute Gasteiger partial charge is 0.416 e. The number of carbonyl (C=O) groups is 3. The highest BCUT2D eigenvalue weighted by atomic mass is 19.4. The van der Waals surface area contributed by atoms with E-state index in [4.69, 9.17) is 4.74 Å². The second kappa shape index (κ2) is 15.7. The monoisotopic (exact) mass is 520 g/mol. The lowest BCUT2D eigenvalue weighted by Crippen LogP contribution is -2.21. The maximum atomic E-state index is 12.8. The fourth-order valence-corrected chi connectivity index (χ4v) is 3.73. The zero-order valence-electron chi connectivity index (χ0n) is 21.2. The van der Waals surface area contributed by atoms with Crippen LogP contribution >= 0.6 is 0 Å². The lowest BCUT2D eigenvalue weighted by atomic mass is 10.1. The summed E-state index contributed by atoms with van der Waals surface area (Å²) in [5, 5.41) is 5.03. The summed E-state index contributed by atoms with van der Waals surface area (Å²) in [6.07, 6.45) is 6.27. The predicted molar refractivity (Wildman–Crippen MR) is 137 cm³/mol. The van der Waals surface area contributed by atoms with Gasteiger partial charge >= 0.3 is 12.1 Å². The molecular formula is C28H35F3N2O4. The Morgan fingerprint density at radius 3 is 1.97 bits per heavy atom. The first-order valence-electron chi connectivity index (χ1n) is 12.7. The van der Waals surface area contributed by atoms with Crippen molar-refractivity contribution in [2.45, 2.75) is 77.3 Å². The number of rotatable bonds is 15. The molecule has 0 heterocycles. The highest BCUT2D eigenvalue weighted by molar-refractivity contribution is 5.97. The fraction of sp³-hybridized carbons (Fsp3) is 0.464. The zero-order chi connectivity index (χ0) is 27.1. The third kappa shape index (κ3) is 11.9. The Morgan fingerprint density at radius 1 is 0.757 bits per heavy atom. The van der Waals surface area contributed by atoms with Gasteiger partial charge in [0.25, 0.3) is 5.91 Å². The number of nitrogens with one attached hydrogen (secondary N) is 2. The molecule has 0 aromatic heterocycles. The Bertz CT molecular complexity index is 1020. The minimum atomic E-state index is -4.54. The van der Waals surface area contributed by atoms with Crippen LogP contribution in [0.1, 0.15) is 87.1 Å². The summed E-state index contributed by atoms with van der Waals surface area (Å²) in [5.41, 5.74) is -0.400. The van der Waals surface area contributed by atoms with E-state index >= 15 is 0 Å². The number of alkyl halides is 3. The van der Waals surface area contributed by atoms with Crippen LogP contribution in [-0.2, 0) is 20.5 Å². The number of unbranched alkanes of at least 4 members (excludes halogenated alkanes) is 8. The van der Waals surface area contributed by atoms with Gasteiger partial charge in [0.2, 0.25) is 5.91 Å². The summed E-state index contributed by atoms with van der Waals surface area (Å²) in [4.78, 5) is 36.6. The highest BCUT2D eigenvalue weighted by Crippen LogP contribution is 2.30.